The number of rotatable bonds is 6. The highest BCUT2D eigenvalue weighted by Gasteiger charge is 2.30. The van der Waals surface area contributed by atoms with E-state index in [2.05, 4.69) is 4.72 Å². The van der Waals surface area contributed by atoms with Gasteiger partial charge in [0.25, 0.3) is 5.91 Å². The van der Waals surface area contributed by atoms with E-state index in [4.69, 9.17) is 0 Å². The average Bonchev–Trinajstić information content (AvgIpc) is 2.65. The summed E-state index contributed by atoms with van der Waals surface area (Å²) in [5.74, 6) is -0.155. The van der Waals surface area contributed by atoms with Gasteiger partial charge in [0.1, 0.15) is 0 Å². The van der Waals surface area contributed by atoms with E-state index < -0.39 is 10.0 Å². The number of benzene rings is 1. The van der Waals surface area contributed by atoms with Crippen molar-refractivity contribution in [3.63, 3.8) is 0 Å². The van der Waals surface area contributed by atoms with Crippen LogP contribution in [-0.4, -0.2) is 62.3 Å². The van der Waals surface area contributed by atoms with Crippen molar-refractivity contribution < 1.29 is 18.0 Å². The highest BCUT2D eigenvalue weighted by molar-refractivity contribution is 7.89. The predicted molar refractivity (Wildman–Crippen MR) is 108 cm³/mol. The Morgan fingerprint density at radius 3 is 2.29 bits per heavy atom. The summed E-state index contributed by atoms with van der Waals surface area (Å²) in [4.78, 5) is 28.8. The number of hydrogen-bond acceptors (Lipinski definition) is 4. The molecular weight excluding hydrogens is 378 g/mol. The first-order valence-electron chi connectivity index (χ1n) is 9.71. The van der Waals surface area contributed by atoms with Gasteiger partial charge in [-0.05, 0) is 58.7 Å². The molecule has 28 heavy (non-hydrogen) atoms. The monoisotopic (exact) mass is 409 g/mol. The lowest BCUT2D eigenvalue weighted by Gasteiger charge is -2.34. The van der Waals surface area contributed by atoms with Crippen LogP contribution in [0.1, 0.15) is 50.9 Å². The molecule has 2 amide bonds. The molecule has 1 N–H and O–H groups in total. The van der Waals surface area contributed by atoms with Crippen LogP contribution in [0.3, 0.4) is 0 Å². The maximum absolute atomic E-state index is 12.8. The lowest BCUT2D eigenvalue weighted by molar-refractivity contribution is -0.137. The Morgan fingerprint density at radius 2 is 1.75 bits per heavy atom. The van der Waals surface area contributed by atoms with Crippen molar-refractivity contribution in [2.45, 2.75) is 57.5 Å². The van der Waals surface area contributed by atoms with Crippen molar-refractivity contribution in [3.8, 4) is 0 Å². The first-order chi connectivity index (χ1) is 13.0. The van der Waals surface area contributed by atoms with E-state index in [9.17, 15) is 18.0 Å². The van der Waals surface area contributed by atoms with Gasteiger partial charge in [-0.1, -0.05) is 6.07 Å². The number of hydrogen-bond donors (Lipinski definition) is 1. The van der Waals surface area contributed by atoms with E-state index >= 15 is 0 Å². The van der Waals surface area contributed by atoms with Gasteiger partial charge in [0, 0.05) is 43.7 Å². The van der Waals surface area contributed by atoms with Crippen molar-refractivity contribution in [3.05, 3.63) is 29.8 Å². The van der Waals surface area contributed by atoms with Crippen LogP contribution in [0.15, 0.2) is 29.2 Å². The van der Waals surface area contributed by atoms with E-state index in [0.29, 0.717) is 31.5 Å². The second kappa shape index (κ2) is 9.05. The number of nitrogens with zero attached hydrogens (tertiary/aromatic N) is 2. The van der Waals surface area contributed by atoms with Crippen molar-refractivity contribution in [2.24, 2.45) is 5.92 Å². The van der Waals surface area contributed by atoms with Crippen molar-refractivity contribution in [2.75, 3.05) is 20.1 Å². The Balaban J connectivity index is 2.06. The molecule has 156 valence electrons. The van der Waals surface area contributed by atoms with Crippen LogP contribution in [0.4, 0.5) is 0 Å². The van der Waals surface area contributed by atoms with E-state index in [0.717, 1.165) is 0 Å². The van der Waals surface area contributed by atoms with Gasteiger partial charge in [0.05, 0.1) is 4.90 Å². The van der Waals surface area contributed by atoms with Gasteiger partial charge < -0.3 is 9.80 Å². The Hall–Kier alpha value is -1.93. The van der Waals surface area contributed by atoms with Crippen LogP contribution in [0, 0.1) is 5.92 Å². The summed E-state index contributed by atoms with van der Waals surface area (Å²) in [6.07, 6.45) is 1.24. The molecule has 0 spiro atoms. The summed E-state index contributed by atoms with van der Waals surface area (Å²) < 4.78 is 27.2. The fraction of sp³-hybridized carbons (Fsp3) is 0.600. The van der Waals surface area contributed by atoms with Gasteiger partial charge in [-0.25, -0.2) is 13.1 Å². The molecule has 0 radical (unpaired) electrons. The van der Waals surface area contributed by atoms with Crippen LogP contribution in [-0.2, 0) is 14.8 Å². The number of amides is 2. The summed E-state index contributed by atoms with van der Waals surface area (Å²) in [5.41, 5.74) is 0.343. The third-order valence-corrected chi connectivity index (χ3v) is 6.69. The van der Waals surface area contributed by atoms with Crippen molar-refractivity contribution >= 4 is 21.8 Å². The molecule has 2 rings (SSSR count). The van der Waals surface area contributed by atoms with Gasteiger partial charge in [-0.15, -0.1) is 0 Å². The average molecular weight is 410 g/mol. The topological polar surface area (TPSA) is 86.8 Å². The molecule has 8 heteroatoms. The smallest absolute Gasteiger partial charge is 0.253 e. The molecule has 1 aromatic rings. The molecule has 0 atom stereocenters. The van der Waals surface area contributed by atoms with Crippen molar-refractivity contribution in [1.82, 2.24) is 14.5 Å². The third-order valence-electron chi connectivity index (χ3n) is 5.04. The Morgan fingerprint density at radius 1 is 1.14 bits per heavy atom. The van der Waals surface area contributed by atoms with Gasteiger partial charge in [-0.2, -0.15) is 0 Å². The molecule has 1 saturated heterocycles. The number of piperidine rings is 1. The van der Waals surface area contributed by atoms with Gasteiger partial charge in [0.15, 0.2) is 0 Å². The molecule has 1 aromatic carbocycles. The standard InChI is InChI=1S/C20H31N3O4S/c1-14(2)21-28(26,27)18-8-6-7-17(13-18)20(25)23-11-9-16(10-12-23)19(24)22(5)15(3)4/h6-8,13-16,21H,9-12H2,1-5H3. The number of likely N-dealkylation sites (tertiary alicyclic amines) is 1. The molecule has 1 aliphatic heterocycles. The number of carbonyl (C=O) groups is 2. The van der Waals surface area contributed by atoms with Crippen LogP contribution in [0.25, 0.3) is 0 Å². The fourth-order valence-corrected chi connectivity index (χ4v) is 4.53. The van der Waals surface area contributed by atoms with Crippen LogP contribution in [0.2, 0.25) is 0 Å². The number of sulfonamides is 1. The number of nitrogens with one attached hydrogen (secondary N) is 1. The second-order valence-corrected chi connectivity index (χ2v) is 9.63. The van der Waals surface area contributed by atoms with Crippen LogP contribution < -0.4 is 4.72 Å². The maximum Gasteiger partial charge on any atom is 0.253 e. The highest BCUT2D eigenvalue weighted by Crippen LogP contribution is 2.22. The van der Waals surface area contributed by atoms with E-state index in [1.807, 2.05) is 20.9 Å². The molecule has 1 fully saturated rings. The van der Waals surface area contributed by atoms with Gasteiger partial charge in [0.2, 0.25) is 15.9 Å². The summed E-state index contributed by atoms with van der Waals surface area (Å²) in [5, 5.41) is 0. The summed E-state index contributed by atoms with van der Waals surface area (Å²) in [6.45, 7) is 8.42. The lowest BCUT2D eigenvalue weighted by atomic mass is 9.94. The first kappa shape index (κ1) is 22.4. The molecule has 0 bridgehead atoms. The van der Waals surface area contributed by atoms with Crippen molar-refractivity contribution in [1.29, 1.82) is 0 Å². The molecular formula is C20H31N3O4S. The quantitative estimate of drug-likeness (QED) is 0.779. The molecule has 0 unspecified atom stereocenters. The van der Waals surface area contributed by atoms with Crippen LogP contribution >= 0.6 is 0 Å². The minimum absolute atomic E-state index is 0.0709. The normalized spacial score (nSPS) is 15.9. The Labute approximate surface area is 168 Å². The zero-order chi connectivity index (χ0) is 21.1. The molecule has 0 aromatic heterocycles. The largest absolute Gasteiger partial charge is 0.343 e. The molecule has 1 heterocycles. The molecule has 0 saturated carbocycles. The van der Waals surface area contributed by atoms with Gasteiger partial charge in [-0.3, -0.25) is 9.59 Å². The van der Waals surface area contributed by atoms with E-state index in [1.54, 1.807) is 35.8 Å². The highest BCUT2D eigenvalue weighted by atomic mass is 32.2. The zero-order valence-electron chi connectivity index (χ0n) is 17.3. The molecule has 7 nitrogen and oxygen atoms in total. The molecule has 1 aliphatic rings. The maximum atomic E-state index is 12.8. The predicted octanol–water partition coefficient (Wildman–Crippen LogP) is 2.09. The SMILES string of the molecule is CC(C)NS(=O)(=O)c1cccc(C(=O)N2CCC(C(=O)N(C)C(C)C)CC2)c1. The van der Waals surface area contributed by atoms with E-state index in [-0.39, 0.29) is 34.7 Å². The van der Waals surface area contributed by atoms with Gasteiger partial charge >= 0.3 is 0 Å². The fourth-order valence-electron chi connectivity index (χ4n) is 3.23. The number of carbonyl (C=O) groups excluding carboxylic acids is 2. The minimum atomic E-state index is -3.65. The Bertz CT molecular complexity index is 812. The lowest BCUT2D eigenvalue weighted by Crippen LogP contribution is -2.45. The minimum Gasteiger partial charge on any atom is -0.343 e. The summed E-state index contributed by atoms with van der Waals surface area (Å²) in [6, 6.07) is 6.02. The van der Waals surface area contributed by atoms with E-state index in [1.165, 1.54) is 12.1 Å². The first-order valence-corrected chi connectivity index (χ1v) is 11.2. The summed E-state index contributed by atoms with van der Waals surface area (Å²) in [7, 11) is -1.85. The second-order valence-electron chi connectivity index (χ2n) is 7.91. The summed E-state index contributed by atoms with van der Waals surface area (Å²) >= 11 is 0. The molecule has 0 aliphatic carbocycles. The zero-order valence-corrected chi connectivity index (χ0v) is 18.1. The third kappa shape index (κ3) is 5.32. The Kier molecular flexibility index (Phi) is 7.22. The van der Waals surface area contributed by atoms with Crippen LogP contribution in [0.5, 0.6) is 0 Å².